The Bertz CT molecular complexity index is 470. The standard InChI is InChI=1S/C14H20N2O3/c1-3-19-13-7-12(14(18)16-15-2)11(9-4-5-9)6-10(13)8-17/h6-7,9,15,17H,3-5,8H2,1-2H3,(H,16,18). The van der Waals surface area contributed by atoms with Crippen LogP contribution in [0.1, 0.15) is 47.2 Å². The Morgan fingerprint density at radius 3 is 2.74 bits per heavy atom. The molecular formula is C14H20N2O3. The minimum atomic E-state index is -0.171. The van der Waals surface area contributed by atoms with Crippen LogP contribution in [0.25, 0.3) is 0 Å². The van der Waals surface area contributed by atoms with Gasteiger partial charge >= 0.3 is 0 Å². The molecule has 1 aliphatic rings. The maximum atomic E-state index is 12.1. The van der Waals surface area contributed by atoms with Crippen molar-refractivity contribution in [2.75, 3.05) is 13.7 Å². The van der Waals surface area contributed by atoms with E-state index in [0.717, 1.165) is 24.0 Å². The number of benzene rings is 1. The van der Waals surface area contributed by atoms with Gasteiger partial charge in [-0.2, -0.15) is 0 Å². The molecule has 1 amide bonds. The van der Waals surface area contributed by atoms with Crippen LogP contribution in [-0.4, -0.2) is 24.7 Å². The van der Waals surface area contributed by atoms with Crippen molar-refractivity contribution in [1.29, 1.82) is 0 Å². The van der Waals surface area contributed by atoms with Gasteiger partial charge in [0.05, 0.1) is 13.2 Å². The van der Waals surface area contributed by atoms with Gasteiger partial charge in [-0.05, 0) is 43.4 Å². The van der Waals surface area contributed by atoms with E-state index < -0.39 is 0 Å². The smallest absolute Gasteiger partial charge is 0.265 e. The first kappa shape index (κ1) is 13.8. The number of aliphatic hydroxyl groups is 1. The number of hydrazine groups is 1. The van der Waals surface area contributed by atoms with E-state index in [-0.39, 0.29) is 12.5 Å². The molecule has 0 unspecified atom stereocenters. The van der Waals surface area contributed by atoms with Gasteiger partial charge in [0, 0.05) is 18.2 Å². The van der Waals surface area contributed by atoms with E-state index >= 15 is 0 Å². The average molecular weight is 264 g/mol. The van der Waals surface area contributed by atoms with Gasteiger partial charge in [0.15, 0.2) is 0 Å². The highest BCUT2D eigenvalue weighted by Crippen LogP contribution is 2.43. The highest BCUT2D eigenvalue weighted by Gasteiger charge is 2.29. The SMILES string of the molecule is CCOc1cc(C(=O)NNC)c(C2CC2)cc1CO. The zero-order valence-electron chi connectivity index (χ0n) is 11.3. The largest absolute Gasteiger partial charge is 0.493 e. The zero-order valence-corrected chi connectivity index (χ0v) is 11.3. The number of ether oxygens (including phenoxy) is 1. The monoisotopic (exact) mass is 264 g/mol. The van der Waals surface area contributed by atoms with Crippen molar-refractivity contribution in [2.24, 2.45) is 0 Å². The van der Waals surface area contributed by atoms with Crippen LogP contribution in [0.2, 0.25) is 0 Å². The quantitative estimate of drug-likeness (QED) is 0.678. The second kappa shape index (κ2) is 6.04. The van der Waals surface area contributed by atoms with Crippen LogP contribution in [-0.2, 0) is 6.61 Å². The third-order valence-corrected chi connectivity index (χ3v) is 3.20. The van der Waals surface area contributed by atoms with Crippen LogP contribution in [0, 0.1) is 0 Å². The second-order valence-electron chi connectivity index (χ2n) is 4.62. The number of rotatable bonds is 6. The van der Waals surface area contributed by atoms with Crippen molar-refractivity contribution in [3.05, 3.63) is 28.8 Å². The maximum Gasteiger partial charge on any atom is 0.265 e. The summed E-state index contributed by atoms with van der Waals surface area (Å²) in [5, 5.41) is 9.41. The van der Waals surface area contributed by atoms with Crippen LogP contribution in [0.3, 0.4) is 0 Å². The van der Waals surface area contributed by atoms with Gasteiger partial charge < -0.3 is 9.84 Å². The molecule has 2 rings (SSSR count). The van der Waals surface area contributed by atoms with E-state index in [1.807, 2.05) is 13.0 Å². The Kier molecular flexibility index (Phi) is 4.39. The molecular weight excluding hydrogens is 244 g/mol. The molecule has 0 spiro atoms. The first-order valence-corrected chi connectivity index (χ1v) is 6.58. The third kappa shape index (κ3) is 3.05. The van der Waals surface area contributed by atoms with Gasteiger partial charge in [0.2, 0.25) is 0 Å². The van der Waals surface area contributed by atoms with Crippen LogP contribution in [0.5, 0.6) is 5.75 Å². The number of carbonyl (C=O) groups is 1. The molecule has 1 aromatic carbocycles. The average Bonchev–Trinajstić information content (AvgIpc) is 3.23. The molecule has 104 valence electrons. The summed E-state index contributed by atoms with van der Waals surface area (Å²) in [4.78, 5) is 12.1. The molecule has 0 aliphatic heterocycles. The summed E-state index contributed by atoms with van der Waals surface area (Å²) >= 11 is 0. The molecule has 0 heterocycles. The minimum Gasteiger partial charge on any atom is -0.493 e. The molecule has 0 radical (unpaired) electrons. The molecule has 0 aromatic heterocycles. The Morgan fingerprint density at radius 1 is 1.47 bits per heavy atom. The van der Waals surface area contributed by atoms with Crippen molar-refractivity contribution in [3.63, 3.8) is 0 Å². The zero-order chi connectivity index (χ0) is 13.8. The summed E-state index contributed by atoms with van der Waals surface area (Å²) in [6.07, 6.45) is 2.19. The molecule has 1 fully saturated rings. The Hall–Kier alpha value is -1.59. The summed E-state index contributed by atoms with van der Waals surface area (Å²) in [5.41, 5.74) is 7.59. The molecule has 1 saturated carbocycles. The Morgan fingerprint density at radius 2 is 2.21 bits per heavy atom. The minimum absolute atomic E-state index is 0.0804. The first-order valence-electron chi connectivity index (χ1n) is 6.58. The van der Waals surface area contributed by atoms with E-state index in [9.17, 15) is 9.90 Å². The topological polar surface area (TPSA) is 70.6 Å². The lowest BCUT2D eigenvalue weighted by atomic mass is 9.99. The van der Waals surface area contributed by atoms with E-state index in [1.54, 1.807) is 13.1 Å². The van der Waals surface area contributed by atoms with Crippen LogP contribution in [0.4, 0.5) is 0 Å². The number of amides is 1. The predicted octanol–water partition coefficient (Wildman–Crippen LogP) is 1.32. The maximum absolute atomic E-state index is 12.1. The van der Waals surface area contributed by atoms with Crippen molar-refractivity contribution in [2.45, 2.75) is 32.3 Å². The molecule has 1 aromatic rings. The number of carbonyl (C=O) groups excluding carboxylic acids is 1. The van der Waals surface area contributed by atoms with Crippen molar-refractivity contribution in [3.8, 4) is 5.75 Å². The lowest BCUT2D eigenvalue weighted by Gasteiger charge is -2.15. The number of nitrogens with one attached hydrogen (secondary N) is 2. The van der Waals surface area contributed by atoms with Crippen molar-refractivity contribution < 1.29 is 14.6 Å². The van der Waals surface area contributed by atoms with Crippen LogP contribution in [0.15, 0.2) is 12.1 Å². The molecule has 19 heavy (non-hydrogen) atoms. The molecule has 0 bridgehead atoms. The fraction of sp³-hybridized carbons (Fsp3) is 0.500. The highest BCUT2D eigenvalue weighted by atomic mass is 16.5. The number of hydrogen-bond acceptors (Lipinski definition) is 4. The van der Waals surface area contributed by atoms with Gasteiger partial charge in [-0.3, -0.25) is 10.2 Å². The van der Waals surface area contributed by atoms with E-state index in [1.165, 1.54) is 0 Å². The third-order valence-electron chi connectivity index (χ3n) is 3.20. The molecule has 3 N–H and O–H groups in total. The highest BCUT2D eigenvalue weighted by molar-refractivity contribution is 5.96. The Balaban J connectivity index is 2.42. The summed E-state index contributed by atoms with van der Waals surface area (Å²) in [5.74, 6) is 0.837. The van der Waals surface area contributed by atoms with Gasteiger partial charge in [-0.15, -0.1) is 0 Å². The lowest BCUT2D eigenvalue weighted by Crippen LogP contribution is -2.34. The van der Waals surface area contributed by atoms with Gasteiger partial charge in [-0.25, -0.2) is 5.43 Å². The van der Waals surface area contributed by atoms with Crippen LogP contribution < -0.4 is 15.6 Å². The molecule has 5 heteroatoms. The van der Waals surface area contributed by atoms with Crippen molar-refractivity contribution >= 4 is 5.91 Å². The summed E-state index contributed by atoms with van der Waals surface area (Å²) in [6.45, 7) is 2.30. The normalized spacial score (nSPS) is 14.3. The van der Waals surface area contributed by atoms with Crippen LogP contribution >= 0.6 is 0 Å². The lowest BCUT2D eigenvalue weighted by molar-refractivity contribution is 0.0936. The second-order valence-corrected chi connectivity index (χ2v) is 4.62. The molecule has 0 saturated heterocycles. The molecule has 0 atom stereocenters. The number of aliphatic hydroxyl groups excluding tert-OH is 1. The van der Waals surface area contributed by atoms with Gasteiger partial charge in [0.1, 0.15) is 5.75 Å². The van der Waals surface area contributed by atoms with E-state index in [2.05, 4.69) is 10.9 Å². The molecule has 5 nitrogen and oxygen atoms in total. The predicted molar refractivity (Wildman–Crippen MR) is 72.0 cm³/mol. The van der Waals surface area contributed by atoms with Crippen molar-refractivity contribution in [1.82, 2.24) is 10.9 Å². The molecule has 1 aliphatic carbocycles. The fourth-order valence-electron chi connectivity index (χ4n) is 2.17. The van der Waals surface area contributed by atoms with E-state index in [4.69, 9.17) is 4.74 Å². The fourth-order valence-corrected chi connectivity index (χ4v) is 2.17. The Labute approximate surface area is 112 Å². The van der Waals surface area contributed by atoms with E-state index in [0.29, 0.717) is 23.8 Å². The number of hydrogen-bond donors (Lipinski definition) is 3. The van der Waals surface area contributed by atoms with Gasteiger partial charge in [0.25, 0.3) is 5.91 Å². The summed E-state index contributed by atoms with van der Waals surface area (Å²) in [7, 11) is 1.65. The summed E-state index contributed by atoms with van der Waals surface area (Å²) < 4.78 is 5.49. The summed E-state index contributed by atoms with van der Waals surface area (Å²) in [6, 6.07) is 3.63. The van der Waals surface area contributed by atoms with Gasteiger partial charge in [-0.1, -0.05) is 0 Å². The first-order chi connectivity index (χ1) is 9.21.